The summed E-state index contributed by atoms with van der Waals surface area (Å²) in [7, 11) is -2.23. The van der Waals surface area contributed by atoms with Gasteiger partial charge in [-0.05, 0) is 22.9 Å². The first-order chi connectivity index (χ1) is 8.81. The summed E-state index contributed by atoms with van der Waals surface area (Å²) in [6.07, 6.45) is 2.68. The Labute approximate surface area is 118 Å². The smallest absolute Gasteiger partial charge is 0.268 e. The Kier molecular flexibility index (Phi) is 3.45. The Hall–Kier alpha value is -1.68. The quantitative estimate of drug-likeness (QED) is 0.843. The van der Waals surface area contributed by atoms with E-state index in [1.165, 1.54) is 17.1 Å². The zero-order valence-corrected chi connectivity index (χ0v) is 12.5. The van der Waals surface area contributed by atoms with Crippen LogP contribution in [0.5, 0.6) is 0 Å². The van der Waals surface area contributed by atoms with Gasteiger partial charge in [-0.1, -0.05) is 0 Å². The number of hydrogen-bond acceptors (Lipinski definition) is 6. The number of aromatic nitrogens is 4. The van der Waals surface area contributed by atoms with Gasteiger partial charge in [0.25, 0.3) is 10.0 Å². The molecule has 0 aliphatic carbocycles. The van der Waals surface area contributed by atoms with Gasteiger partial charge in [-0.3, -0.25) is 9.40 Å². The van der Waals surface area contributed by atoms with Crippen LogP contribution in [0.4, 0.5) is 11.6 Å². The molecule has 0 saturated heterocycles. The molecule has 2 aromatic rings. The summed E-state index contributed by atoms with van der Waals surface area (Å²) >= 11 is 3.11. The molecule has 0 saturated carbocycles. The molecule has 0 amide bonds. The molecule has 0 aromatic carbocycles. The SMILES string of the molecule is Cc1c(S(=O)(=O)Nc2cnc(Br)cn2)c(N)nn1C. The van der Waals surface area contributed by atoms with Gasteiger partial charge in [-0.2, -0.15) is 5.10 Å². The molecule has 0 spiro atoms. The fourth-order valence-corrected chi connectivity index (χ4v) is 3.02. The third-order valence-electron chi connectivity index (χ3n) is 2.43. The molecule has 10 heteroatoms. The number of hydrogen-bond donors (Lipinski definition) is 2. The highest BCUT2D eigenvalue weighted by molar-refractivity contribution is 9.10. The number of nitrogens with zero attached hydrogens (tertiary/aromatic N) is 4. The molecule has 102 valence electrons. The van der Waals surface area contributed by atoms with E-state index >= 15 is 0 Å². The molecule has 0 radical (unpaired) electrons. The Morgan fingerprint density at radius 1 is 1.37 bits per heavy atom. The first kappa shape index (κ1) is 13.7. The van der Waals surface area contributed by atoms with Gasteiger partial charge >= 0.3 is 0 Å². The van der Waals surface area contributed by atoms with Crippen molar-refractivity contribution in [2.24, 2.45) is 7.05 Å². The van der Waals surface area contributed by atoms with Gasteiger partial charge < -0.3 is 5.73 Å². The second kappa shape index (κ2) is 4.78. The Bertz CT molecular complexity index is 709. The lowest BCUT2D eigenvalue weighted by molar-refractivity contribution is 0.600. The van der Waals surface area contributed by atoms with E-state index in [-0.39, 0.29) is 16.5 Å². The average Bonchev–Trinajstić information content (AvgIpc) is 2.56. The number of rotatable bonds is 3. The molecule has 0 atom stereocenters. The zero-order valence-electron chi connectivity index (χ0n) is 10.1. The molecule has 0 aliphatic heterocycles. The van der Waals surface area contributed by atoms with Gasteiger partial charge in [0, 0.05) is 7.05 Å². The van der Waals surface area contributed by atoms with E-state index in [9.17, 15) is 8.42 Å². The van der Waals surface area contributed by atoms with Crippen LogP contribution in [-0.2, 0) is 17.1 Å². The zero-order chi connectivity index (χ0) is 14.2. The minimum atomic E-state index is -3.84. The first-order valence-electron chi connectivity index (χ1n) is 5.10. The Morgan fingerprint density at radius 3 is 2.53 bits per heavy atom. The number of halogens is 1. The van der Waals surface area contributed by atoms with Crippen molar-refractivity contribution in [1.29, 1.82) is 0 Å². The highest BCUT2D eigenvalue weighted by Gasteiger charge is 2.25. The second-order valence-electron chi connectivity index (χ2n) is 3.75. The maximum Gasteiger partial charge on any atom is 0.268 e. The lowest BCUT2D eigenvalue weighted by Gasteiger charge is -2.06. The maximum absolute atomic E-state index is 12.2. The summed E-state index contributed by atoms with van der Waals surface area (Å²) in [4.78, 5) is 7.71. The highest BCUT2D eigenvalue weighted by atomic mass is 79.9. The standard InChI is InChI=1S/C9H11BrN6O2S/c1-5-8(9(11)14-16(5)2)19(17,18)15-7-4-12-6(10)3-13-7/h3-4H,1-2H3,(H2,11,14)(H,13,15). The van der Waals surface area contributed by atoms with E-state index in [0.29, 0.717) is 10.3 Å². The van der Waals surface area contributed by atoms with Gasteiger partial charge in [0.15, 0.2) is 16.5 Å². The fourth-order valence-electron chi connectivity index (χ4n) is 1.50. The third-order valence-corrected chi connectivity index (χ3v) is 4.36. The van der Waals surface area contributed by atoms with Crippen LogP contribution in [-0.4, -0.2) is 28.2 Å². The average molecular weight is 347 g/mol. The summed E-state index contributed by atoms with van der Waals surface area (Å²) in [5, 5.41) is 3.86. The molecule has 19 heavy (non-hydrogen) atoms. The van der Waals surface area contributed by atoms with E-state index in [1.807, 2.05) is 0 Å². The second-order valence-corrected chi connectivity index (χ2v) is 6.18. The van der Waals surface area contributed by atoms with Crippen LogP contribution in [0, 0.1) is 6.92 Å². The van der Waals surface area contributed by atoms with Gasteiger partial charge in [0.2, 0.25) is 0 Å². The molecule has 2 aromatic heterocycles. The van der Waals surface area contributed by atoms with Crippen LogP contribution >= 0.6 is 15.9 Å². The minimum absolute atomic E-state index is 0.0558. The number of anilines is 2. The maximum atomic E-state index is 12.2. The number of aryl methyl sites for hydroxylation is 1. The van der Waals surface area contributed by atoms with Crippen LogP contribution in [0.15, 0.2) is 21.9 Å². The number of nitrogens with two attached hydrogens (primary N) is 1. The van der Waals surface area contributed by atoms with Gasteiger partial charge in [0.05, 0.1) is 18.1 Å². The number of nitrogen functional groups attached to an aromatic ring is 1. The molecule has 8 nitrogen and oxygen atoms in total. The third kappa shape index (κ3) is 2.68. The number of nitrogens with one attached hydrogen (secondary N) is 1. The van der Waals surface area contributed by atoms with Crippen LogP contribution in [0.3, 0.4) is 0 Å². The molecular formula is C9H11BrN6O2S. The summed E-state index contributed by atoms with van der Waals surface area (Å²) < 4.78 is 28.6. The van der Waals surface area contributed by atoms with Gasteiger partial charge in [-0.15, -0.1) is 0 Å². The van der Waals surface area contributed by atoms with E-state index in [1.54, 1.807) is 14.0 Å². The molecule has 3 N–H and O–H groups in total. The Morgan fingerprint density at radius 2 is 2.05 bits per heavy atom. The molecule has 0 unspecified atom stereocenters. The van der Waals surface area contributed by atoms with Crippen molar-refractivity contribution in [2.75, 3.05) is 10.5 Å². The van der Waals surface area contributed by atoms with Crippen LogP contribution in [0.25, 0.3) is 0 Å². The molecular weight excluding hydrogens is 336 g/mol. The topological polar surface area (TPSA) is 116 Å². The van der Waals surface area contributed by atoms with Crippen LogP contribution < -0.4 is 10.5 Å². The van der Waals surface area contributed by atoms with Crippen LogP contribution in [0.1, 0.15) is 5.69 Å². The minimum Gasteiger partial charge on any atom is -0.381 e. The van der Waals surface area contributed by atoms with E-state index in [4.69, 9.17) is 5.73 Å². The largest absolute Gasteiger partial charge is 0.381 e. The normalized spacial score (nSPS) is 11.5. The van der Waals surface area contributed by atoms with Crippen molar-refractivity contribution >= 4 is 37.6 Å². The Balaban J connectivity index is 2.40. The molecule has 0 aliphatic rings. The predicted molar refractivity (Wildman–Crippen MR) is 72.9 cm³/mol. The van der Waals surface area contributed by atoms with E-state index in [0.717, 1.165) is 0 Å². The summed E-state index contributed by atoms with van der Waals surface area (Å²) in [6, 6.07) is 0. The highest BCUT2D eigenvalue weighted by Crippen LogP contribution is 2.23. The summed E-state index contributed by atoms with van der Waals surface area (Å²) in [5.74, 6) is 0.0448. The van der Waals surface area contributed by atoms with Crippen molar-refractivity contribution in [3.05, 3.63) is 22.7 Å². The lowest BCUT2D eigenvalue weighted by atomic mass is 10.5. The molecule has 0 bridgehead atoms. The van der Waals surface area contributed by atoms with Crippen LogP contribution in [0.2, 0.25) is 0 Å². The predicted octanol–water partition coefficient (Wildman–Crippen LogP) is 0.664. The van der Waals surface area contributed by atoms with Crippen molar-refractivity contribution in [3.8, 4) is 0 Å². The monoisotopic (exact) mass is 346 g/mol. The summed E-state index contributed by atoms with van der Waals surface area (Å²) in [5.41, 5.74) is 6.05. The van der Waals surface area contributed by atoms with Crippen molar-refractivity contribution < 1.29 is 8.42 Å². The van der Waals surface area contributed by atoms with Gasteiger partial charge in [-0.25, -0.2) is 18.4 Å². The van der Waals surface area contributed by atoms with Crippen molar-refractivity contribution in [3.63, 3.8) is 0 Å². The van der Waals surface area contributed by atoms with Crippen molar-refractivity contribution in [1.82, 2.24) is 19.7 Å². The van der Waals surface area contributed by atoms with E-state index < -0.39 is 10.0 Å². The lowest BCUT2D eigenvalue weighted by Crippen LogP contribution is -2.16. The molecule has 2 rings (SSSR count). The first-order valence-corrected chi connectivity index (χ1v) is 7.38. The fraction of sp³-hybridized carbons (Fsp3) is 0.222. The van der Waals surface area contributed by atoms with E-state index in [2.05, 4.69) is 35.7 Å². The van der Waals surface area contributed by atoms with Crippen molar-refractivity contribution in [2.45, 2.75) is 11.8 Å². The molecule has 2 heterocycles. The number of sulfonamides is 1. The van der Waals surface area contributed by atoms with Gasteiger partial charge in [0.1, 0.15) is 4.60 Å². The molecule has 0 fully saturated rings. The summed E-state index contributed by atoms with van der Waals surface area (Å²) in [6.45, 7) is 1.62.